The number of likely N-dealkylation sites (tertiary alicyclic amines) is 1. The van der Waals surface area contributed by atoms with E-state index in [1.807, 2.05) is 0 Å². The molecule has 152 valence electrons. The Morgan fingerprint density at radius 2 is 1.85 bits per heavy atom. The van der Waals surface area contributed by atoms with Crippen LogP contribution in [0, 0.1) is 11.8 Å². The lowest BCUT2D eigenvalue weighted by atomic mass is 9.85. The number of carbonyl (C=O) groups excluding carboxylic acids is 1. The normalized spacial score (nSPS) is 23.3. The van der Waals surface area contributed by atoms with E-state index >= 15 is 0 Å². The topological polar surface area (TPSA) is 44.4 Å². The maximum atomic E-state index is 12.7. The Labute approximate surface area is 170 Å². The van der Waals surface area contributed by atoms with Crippen LogP contribution in [0.25, 0.3) is 0 Å². The molecule has 1 heterocycles. The fourth-order valence-electron chi connectivity index (χ4n) is 4.87. The minimum absolute atomic E-state index is 0.325. The Bertz CT molecular complexity index is 528. The van der Waals surface area contributed by atoms with Gasteiger partial charge in [-0.1, -0.05) is 25.3 Å². The van der Waals surface area contributed by atoms with Gasteiger partial charge in [0.1, 0.15) is 0 Å². The van der Waals surface area contributed by atoms with Crippen LogP contribution in [0.5, 0.6) is 0 Å². The minimum atomic E-state index is 0.325. The summed E-state index contributed by atoms with van der Waals surface area (Å²) in [6.45, 7) is 2.79. The first-order valence-corrected chi connectivity index (χ1v) is 11.7. The molecule has 27 heavy (non-hydrogen) atoms. The van der Waals surface area contributed by atoms with E-state index in [-0.39, 0.29) is 0 Å². The van der Waals surface area contributed by atoms with E-state index < -0.39 is 0 Å². The van der Waals surface area contributed by atoms with E-state index in [0.717, 1.165) is 56.3 Å². The molecule has 0 aromatic rings. The summed E-state index contributed by atoms with van der Waals surface area (Å²) in [5.74, 6) is 1.76. The van der Waals surface area contributed by atoms with E-state index in [9.17, 15) is 4.79 Å². The molecule has 1 saturated heterocycles. The van der Waals surface area contributed by atoms with E-state index in [4.69, 9.17) is 12.2 Å². The predicted octanol–water partition coefficient (Wildman–Crippen LogP) is 4.51. The van der Waals surface area contributed by atoms with E-state index in [2.05, 4.69) is 21.6 Å². The van der Waals surface area contributed by atoms with Crippen LogP contribution in [-0.2, 0) is 4.79 Å². The Kier molecular flexibility index (Phi) is 8.43. The number of thiocarbonyl (C=S) groups is 1. The summed E-state index contributed by atoms with van der Waals surface area (Å²) in [4.78, 5) is 14.7. The van der Waals surface area contributed by atoms with Crippen LogP contribution in [0.15, 0.2) is 11.8 Å². The number of hydrogen-bond acceptors (Lipinski definition) is 2. The monoisotopic (exact) mass is 391 g/mol. The first-order chi connectivity index (χ1) is 13.2. The molecule has 0 radical (unpaired) electrons. The number of allylic oxidation sites excluding steroid dienone is 2. The number of piperidine rings is 1. The van der Waals surface area contributed by atoms with E-state index in [1.54, 1.807) is 0 Å². The average molecular weight is 392 g/mol. The lowest BCUT2D eigenvalue weighted by Crippen LogP contribution is -2.39. The third kappa shape index (κ3) is 6.48. The van der Waals surface area contributed by atoms with Crippen molar-refractivity contribution >= 4 is 23.2 Å². The third-order valence-electron chi connectivity index (χ3n) is 6.45. The van der Waals surface area contributed by atoms with Crippen LogP contribution in [-0.4, -0.2) is 35.6 Å². The quantitative estimate of drug-likeness (QED) is 0.495. The van der Waals surface area contributed by atoms with Gasteiger partial charge >= 0.3 is 0 Å². The molecule has 2 aliphatic carbocycles. The van der Waals surface area contributed by atoms with Crippen molar-refractivity contribution in [3.8, 4) is 0 Å². The number of fused-ring (bicyclic) bond motifs is 1. The number of carbonyl (C=O) groups is 1. The number of amides is 1. The first kappa shape index (κ1) is 20.6. The van der Waals surface area contributed by atoms with E-state index in [1.165, 1.54) is 57.1 Å². The van der Waals surface area contributed by atoms with Crippen molar-refractivity contribution in [2.24, 2.45) is 11.8 Å². The second kappa shape index (κ2) is 11.0. The fourth-order valence-corrected chi connectivity index (χ4v) is 5.06. The number of nitrogens with zero attached hydrogens (tertiary/aromatic N) is 1. The molecule has 1 atom stereocenters. The van der Waals surface area contributed by atoms with Gasteiger partial charge in [-0.2, -0.15) is 0 Å². The van der Waals surface area contributed by atoms with Crippen LogP contribution in [0.4, 0.5) is 0 Å². The highest BCUT2D eigenvalue weighted by Gasteiger charge is 2.29. The van der Waals surface area contributed by atoms with Crippen molar-refractivity contribution in [3.05, 3.63) is 11.8 Å². The first-order valence-electron chi connectivity index (χ1n) is 11.3. The van der Waals surface area contributed by atoms with Crippen LogP contribution >= 0.6 is 12.2 Å². The van der Waals surface area contributed by atoms with Gasteiger partial charge < -0.3 is 15.5 Å². The molecule has 0 bridgehead atoms. The molecular weight excluding hydrogens is 354 g/mol. The molecular formula is C22H37N3OS. The van der Waals surface area contributed by atoms with Crippen molar-refractivity contribution in [2.75, 3.05) is 19.6 Å². The number of unbranched alkanes of at least 4 members (excludes halogenated alkanes) is 1. The number of rotatable bonds is 7. The Balaban J connectivity index is 1.26. The van der Waals surface area contributed by atoms with Gasteiger partial charge in [-0.3, -0.25) is 4.79 Å². The van der Waals surface area contributed by atoms with Crippen LogP contribution < -0.4 is 10.6 Å². The molecule has 2 fully saturated rings. The van der Waals surface area contributed by atoms with Crippen molar-refractivity contribution < 1.29 is 4.79 Å². The lowest BCUT2D eigenvalue weighted by Gasteiger charge is -2.38. The summed E-state index contributed by atoms with van der Waals surface area (Å²) >= 11 is 5.39. The molecule has 4 nitrogen and oxygen atoms in total. The average Bonchev–Trinajstić information content (AvgIpc) is 2.72. The minimum Gasteiger partial charge on any atom is -0.363 e. The lowest BCUT2D eigenvalue weighted by molar-refractivity contribution is -0.130. The molecule has 3 aliphatic rings. The smallest absolute Gasteiger partial charge is 0.226 e. The Hall–Kier alpha value is -1.10. The molecule has 2 N–H and O–H groups in total. The summed E-state index contributed by atoms with van der Waals surface area (Å²) in [5.41, 5.74) is 1.34. The second-order valence-corrected chi connectivity index (χ2v) is 8.95. The standard InChI is InChI=1S/C22H37N3OS/c26-21(25-16-8-12-19-11-4-5-13-20(19)25)14-6-7-15-23-22(27)24-17-18-9-2-1-3-10-18/h13,18-19H,1-12,14-17H2,(H2,23,24,27). The van der Waals surface area contributed by atoms with Crippen molar-refractivity contribution in [3.63, 3.8) is 0 Å². The van der Waals surface area contributed by atoms with Gasteiger partial charge in [0.2, 0.25) is 5.91 Å². The largest absolute Gasteiger partial charge is 0.363 e. The van der Waals surface area contributed by atoms with Gasteiger partial charge in [0.15, 0.2) is 5.11 Å². The van der Waals surface area contributed by atoms with Gasteiger partial charge in [0.25, 0.3) is 0 Å². The number of nitrogens with one attached hydrogen (secondary N) is 2. The molecule has 0 aromatic carbocycles. The van der Waals surface area contributed by atoms with Crippen LogP contribution in [0.3, 0.4) is 0 Å². The highest BCUT2D eigenvalue weighted by atomic mass is 32.1. The molecule has 1 unspecified atom stereocenters. The molecule has 0 aromatic heterocycles. The maximum absolute atomic E-state index is 12.7. The zero-order chi connectivity index (χ0) is 18.9. The summed E-state index contributed by atoms with van der Waals surface area (Å²) in [7, 11) is 0. The van der Waals surface area contributed by atoms with Gasteiger partial charge in [-0.25, -0.2) is 0 Å². The zero-order valence-electron chi connectivity index (χ0n) is 16.8. The van der Waals surface area contributed by atoms with Crippen LogP contribution in [0.2, 0.25) is 0 Å². The van der Waals surface area contributed by atoms with Gasteiger partial charge in [0.05, 0.1) is 0 Å². The molecule has 5 heteroatoms. The van der Waals surface area contributed by atoms with E-state index in [0.29, 0.717) is 18.2 Å². The SMILES string of the molecule is O=C(CCCCNC(=S)NCC1CCCCC1)N1CCCC2CCCC=C21. The van der Waals surface area contributed by atoms with Crippen molar-refractivity contribution in [2.45, 2.75) is 83.5 Å². The Morgan fingerprint density at radius 1 is 1.04 bits per heavy atom. The molecule has 3 rings (SSSR count). The van der Waals surface area contributed by atoms with Crippen molar-refractivity contribution in [1.82, 2.24) is 15.5 Å². The number of hydrogen-bond donors (Lipinski definition) is 2. The molecule has 1 aliphatic heterocycles. The molecule has 0 spiro atoms. The Morgan fingerprint density at radius 3 is 2.70 bits per heavy atom. The summed E-state index contributed by atoms with van der Waals surface area (Å²) in [6, 6.07) is 0. The third-order valence-corrected chi connectivity index (χ3v) is 6.74. The highest BCUT2D eigenvalue weighted by molar-refractivity contribution is 7.80. The molecule has 1 saturated carbocycles. The van der Waals surface area contributed by atoms with Crippen molar-refractivity contribution in [1.29, 1.82) is 0 Å². The maximum Gasteiger partial charge on any atom is 0.226 e. The summed E-state index contributed by atoms with van der Waals surface area (Å²) in [6.07, 6.45) is 17.9. The van der Waals surface area contributed by atoms with Crippen LogP contribution in [0.1, 0.15) is 83.5 Å². The zero-order valence-corrected chi connectivity index (χ0v) is 17.6. The summed E-state index contributed by atoms with van der Waals surface area (Å²) < 4.78 is 0. The van der Waals surface area contributed by atoms with Gasteiger partial charge in [-0.05, 0) is 81.8 Å². The van der Waals surface area contributed by atoms with Gasteiger partial charge in [0, 0.05) is 31.8 Å². The summed E-state index contributed by atoms with van der Waals surface area (Å²) in [5, 5.41) is 7.45. The second-order valence-electron chi connectivity index (χ2n) is 8.54. The fraction of sp³-hybridized carbons (Fsp3) is 0.818. The predicted molar refractivity (Wildman–Crippen MR) is 115 cm³/mol. The van der Waals surface area contributed by atoms with Gasteiger partial charge in [-0.15, -0.1) is 0 Å². The molecule has 1 amide bonds. The highest BCUT2D eigenvalue weighted by Crippen LogP contribution is 2.35.